The maximum Gasteiger partial charge on any atom is 0.332 e. The number of carboxylic acids is 1. The maximum atomic E-state index is 11.7. The third kappa shape index (κ3) is 2.62. The molecular weight excluding hydrogens is 228 g/mol. The number of aryl methyl sites for hydroxylation is 1. The van der Waals surface area contributed by atoms with Crippen LogP contribution in [0.4, 0.5) is 5.82 Å². The molecule has 17 heavy (non-hydrogen) atoms. The summed E-state index contributed by atoms with van der Waals surface area (Å²) in [4.78, 5) is 22.3. The van der Waals surface area contributed by atoms with E-state index in [1.54, 1.807) is 13.0 Å². The Balaban J connectivity index is 1.91. The maximum absolute atomic E-state index is 11.7. The Hall–Kier alpha value is -1.89. The number of carbonyl (C=O) groups excluding carboxylic acids is 1. The third-order valence-electron chi connectivity index (χ3n) is 2.47. The van der Waals surface area contributed by atoms with Crippen molar-refractivity contribution < 1.29 is 24.0 Å². The summed E-state index contributed by atoms with van der Waals surface area (Å²) in [6, 6.07) is 1.57. The van der Waals surface area contributed by atoms with E-state index in [-0.39, 0.29) is 0 Å². The molecule has 0 unspecified atom stereocenters. The number of aromatic nitrogens is 1. The number of carbonyl (C=O) groups is 2. The summed E-state index contributed by atoms with van der Waals surface area (Å²) in [6.07, 6.45) is -0.914. The first kappa shape index (κ1) is 11.6. The first-order valence-electron chi connectivity index (χ1n) is 5.18. The molecule has 92 valence electrons. The van der Waals surface area contributed by atoms with Crippen molar-refractivity contribution in [3.8, 4) is 0 Å². The zero-order valence-corrected chi connectivity index (χ0v) is 9.17. The van der Waals surface area contributed by atoms with Gasteiger partial charge in [-0.05, 0) is 19.8 Å². The number of nitrogens with zero attached hydrogens (tertiary/aromatic N) is 1. The Morgan fingerprint density at radius 2 is 2.18 bits per heavy atom. The van der Waals surface area contributed by atoms with E-state index in [0.717, 1.165) is 0 Å². The van der Waals surface area contributed by atoms with Gasteiger partial charge in [-0.3, -0.25) is 4.79 Å². The average molecular weight is 240 g/mol. The smallest absolute Gasteiger partial charge is 0.332 e. The molecular formula is C10H12N2O5. The van der Waals surface area contributed by atoms with Gasteiger partial charge in [0.05, 0.1) is 0 Å². The molecule has 0 spiro atoms. The predicted octanol–water partition coefficient (Wildman–Crippen LogP) is 0.554. The lowest BCUT2D eigenvalue weighted by molar-refractivity contribution is -0.150. The molecule has 1 amide bonds. The van der Waals surface area contributed by atoms with E-state index in [4.69, 9.17) is 14.4 Å². The minimum Gasteiger partial charge on any atom is -0.479 e. The molecule has 2 N–H and O–H groups in total. The van der Waals surface area contributed by atoms with Gasteiger partial charge in [0.1, 0.15) is 11.9 Å². The second-order valence-electron chi connectivity index (χ2n) is 3.84. The van der Waals surface area contributed by atoms with E-state index in [2.05, 4.69) is 10.5 Å². The van der Waals surface area contributed by atoms with Crippen LogP contribution in [0.3, 0.4) is 0 Å². The summed E-state index contributed by atoms with van der Waals surface area (Å²) >= 11 is 0. The molecule has 0 aliphatic carbocycles. The average Bonchev–Trinajstić information content (AvgIpc) is 2.86. The SMILES string of the molecule is Cc1cc(NC(=O)[C@@H]2CC[C@H](C(=O)O)O2)no1. The fourth-order valence-electron chi connectivity index (χ4n) is 1.64. The van der Waals surface area contributed by atoms with Crippen LogP contribution in [-0.4, -0.2) is 34.3 Å². The molecule has 1 aromatic rings. The Morgan fingerprint density at radius 1 is 1.47 bits per heavy atom. The van der Waals surface area contributed by atoms with Crippen molar-refractivity contribution in [2.24, 2.45) is 0 Å². The zero-order chi connectivity index (χ0) is 12.4. The molecule has 0 aromatic carbocycles. The van der Waals surface area contributed by atoms with Gasteiger partial charge in [0.15, 0.2) is 11.9 Å². The van der Waals surface area contributed by atoms with E-state index < -0.39 is 24.1 Å². The number of carboxylic acid groups (broad SMARTS) is 1. The number of nitrogens with one attached hydrogen (secondary N) is 1. The highest BCUT2D eigenvalue weighted by Gasteiger charge is 2.34. The second kappa shape index (κ2) is 4.54. The Labute approximate surface area is 96.7 Å². The fourth-order valence-corrected chi connectivity index (χ4v) is 1.64. The monoisotopic (exact) mass is 240 g/mol. The summed E-state index contributed by atoms with van der Waals surface area (Å²) in [5.41, 5.74) is 0. The van der Waals surface area contributed by atoms with Gasteiger partial charge in [0.25, 0.3) is 5.91 Å². The highest BCUT2D eigenvalue weighted by Crippen LogP contribution is 2.21. The molecule has 0 radical (unpaired) electrons. The van der Waals surface area contributed by atoms with Gasteiger partial charge in [-0.2, -0.15) is 0 Å². The minimum atomic E-state index is -1.04. The minimum absolute atomic E-state index is 0.301. The van der Waals surface area contributed by atoms with Gasteiger partial charge in [0, 0.05) is 6.07 Å². The lowest BCUT2D eigenvalue weighted by Gasteiger charge is -2.09. The van der Waals surface area contributed by atoms with Crippen LogP contribution in [-0.2, 0) is 14.3 Å². The summed E-state index contributed by atoms with van der Waals surface area (Å²) in [7, 11) is 0. The molecule has 7 nitrogen and oxygen atoms in total. The number of aliphatic carboxylic acids is 1. The molecule has 1 aromatic heterocycles. The van der Waals surface area contributed by atoms with Crippen LogP contribution in [0.15, 0.2) is 10.6 Å². The number of hydrogen-bond donors (Lipinski definition) is 2. The van der Waals surface area contributed by atoms with E-state index in [1.165, 1.54) is 0 Å². The third-order valence-corrected chi connectivity index (χ3v) is 2.47. The fraction of sp³-hybridized carbons (Fsp3) is 0.500. The first-order valence-corrected chi connectivity index (χ1v) is 5.18. The first-order chi connectivity index (χ1) is 8.06. The van der Waals surface area contributed by atoms with Crippen LogP contribution >= 0.6 is 0 Å². The quantitative estimate of drug-likeness (QED) is 0.800. The number of anilines is 1. The summed E-state index contributed by atoms with van der Waals surface area (Å²) in [5, 5.41) is 14.8. The van der Waals surface area contributed by atoms with Crippen LogP contribution in [0, 0.1) is 6.92 Å². The van der Waals surface area contributed by atoms with Gasteiger partial charge in [-0.1, -0.05) is 5.16 Å². The van der Waals surface area contributed by atoms with Crippen molar-refractivity contribution in [3.63, 3.8) is 0 Å². The number of rotatable bonds is 3. The van der Waals surface area contributed by atoms with Gasteiger partial charge >= 0.3 is 5.97 Å². The molecule has 7 heteroatoms. The van der Waals surface area contributed by atoms with Crippen LogP contribution < -0.4 is 5.32 Å². The predicted molar refractivity (Wildman–Crippen MR) is 55.4 cm³/mol. The molecule has 1 aliphatic heterocycles. The lowest BCUT2D eigenvalue weighted by atomic mass is 10.2. The molecule has 2 rings (SSSR count). The molecule has 1 aliphatic rings. The van der Waals surface area contributed by atoms with Crippen molar-refractivity contribution in [2.75, 3.05) is 5.32 Å². The van der Waals surface area contributed by atoms with Gasteiger partial charge < -0.3 is 19.7 Å². The Morgan fingerprint density at radius 3 is 2.71 bits per heavy atom. The van der Waals surface area contributed by atoms with E-state index in [1.807, 2.05) is 0 Å². The van der Waals surface area contributed by atoms with Gasteiger partial charge in [-0.15, -0.1) is 0 Å². The van der Waals surface area contributed by atoms with Crippen LogP contribution in [0.25, 0.3) is 0 Å². The number of hydrogen-bond acceptors (Lipinski definition) is 5. The summed E-state index contributed by atoms with van der Waals surface area (Å²) in [5.74, 6) is -0.564. The standard InChI is InChI=1S/C10H12N2O5/c1-5-4-8(12-17-5)11-9(13)6-2-3-7(16-6)10(14)15/h4,6-7H,2-3H2,1H3,(H,14,15)(H,11,12,13)/t6-,7+/m0/s1. The van der Waals surface area contributed by atoms with Crippen molar-refractivity contribution in [3.05, 3.63) is 11.8 Å². The molecule has 1 saturated heterocycles. The summed E-state index contributed by atoms with van der Waals surface area (Å²) < 4.78 is 9.88. The van der Waals surface area contributed by atoms with Crippen molar-refractivity contribution in [1.29, 1.82) is 0 Å². The van der Waals surface area contributed by atoms with Crippen LogP contribution in [0.2, 0.25) is 0 Å². The normalized spacial score (nSPS) is 23.6. The van der Waals surface area contributed by atoms with Crippen LogP contribution in [0.5, 0.6) is 0 Å². The van der Waals surface area contributed by atoms with Crippen molar-refractivity contribution in [1.82, 2.24) is 5.16 Å². The zero-order valence-electron chi connectivity index (χ0n) is 9.17. The molecule has 0 bridgehead atoms. The second-order valence-corrected chi connectivity index (χ2v) is 3.84. The van der Waals surface area contributed by atoms with Crippen molar-refractivity contribution >= 4 is 17.7 Å². The highest BCUT2D eigenvalue weighted by molar-refractivity contribution is 5.93. The number of ether oxygens (including phenoxy) is 1. The van der Waals surface area contributed by atoms with E-state index in [9.17, 15) is 9.59 Å². The topological polar surface area (TPSA) is 102 Å². The molecule has 2 heterocycles. The summed E-state index contributed by atoms with van der Waals surface area (Å²) in [6.45, 7) is 1.70. The van der Waals surface area contributed by atoms with Crippen molar-refractivity contribution in [2.45, 2.75) is 32.0 Å². The molecule has 1 fully saturated rings. The van der Waals surface area contributed by atoms with Crippen LogP contribution in [0.1, 0.15) is 18.6 Å². The lowest BCUT2D eigenvalue weighted by Crippen LogP contribution is -2.30. The Bertz CT molecular complexity index is 442. The molecule has 0 saturated carbocycles. The Kier molecular flexibility index (Phi) is 3.10. The largest absolute Gasteiger partial charge is 0.479 e. The van der Waals surface area contributed by atoms with E-state index in [0.29, 0.717) is 24.4 Å². The van der Waals surface area contributed by atoms with Gasteiger partial charge in [0.2, 0.25) is 0 Å². The highest BCUT2D eigenvalue weighted by atomic mass is 16.5. The van der Waals surface area contributed by atoms with E-state index >= 15 is 0 Å². The molecule has 2 atom stereocenters. The number of amides is 1. The van der Waals surface area contributed by atoms with Gasteiger partial charge in [-0.25, -0.2) is 4.79 Å².